The van der Waals surface area contributed by atoms with E-state index in [0.29, 0.717) is 48.4 Å². The summed E-state index contributed by atoms with van der Waals surface area (Å²) in [5.74, 6) is -0.0338. The van der Waals surface area contributed by atoms with Gasteiger partial charge in [-0.3, -0.25) is 9.52 Å². The molecule has 4 aromatic rings. The number of aromatic nitrogens is 1. The molecule has 2 aliphatic rings. The van der Waals surface area contributed by atoms with Crippen LogP contribution in [0.25, 0.3) is 33.7 Å². The third kappa shape index (κ3) is 4.82. The molecular formula is C30H28N4O4S. The molecule has 0 bridgehead atoms. The minimum Gasteiger partial charge on any atom is -0.435 e. The summed E-state index contributed by atoms with van der Waals surface area (Å²) in [5, 5.41) is 13.0. The van der Waals surface area contributed by atoms with Crippen LogP contribution in [0.4, 0.5) is 0 Å². The van der Waals surface area contributed by atoms with Gasteiger partial charge in [0.05, 0.1) is 5.25 Å². The van der Waals surface area contributed by atoms with E-state index in [1.165, 1.54) is 0 Å². The van der Waals surface area contributed by atoms with Crippen molar-refractivity contribution in [2.24, 2.45) is 0 Å². The summed E-state index contributed by atoms with van der Waals surface area (Å²) < 4.78 is 32.4. The number of nitriles is 1. The van der Waals surface area contributed by atoms with Crippen LogP contribution in [0.2, 0.25) is 0 Å². The van der Waals surface area contributed by atoms with E-state index in [-0.39, 0.29) is 12.5 Å². The minimum atomic E-state index is -3.54. The maximum atomic E-state index is 12.2. The number of carbonyl (C=O) groups is 1. The molecule has 198 valence electrons. The molecule has 6 rings (SSSR count). The molecule has 8 nitrogen and oxygen atoms in total. The molecule has 0 unspecified atom stereocenters. The number of nitrogens with zero attached hydrogens (tertiary/aromatic N) is 2. The first-order chi connectivity index (χ1) is 18.9. The highest BCUT2D eigenvalue weighted by molar-refractivity contribution is 7.90. The smallest absolute Gasteiger partial charge is 0.237 e. The van der Waals surface area contributed by atoms with Crippen molar-refractivity contribution in [1.29, 1.82) is 5.26 Å². The van der Waals surface area contributed by atoms with Crippen LogP contribution in [0, 0.1) is 18.3 Å². The van der Waals surface area contributed by atoms with E-state index < -0.39 is 21.2 Å². The molecule has 1 atom stereocenters. The second kappa shape index (κ2) is 9.95. The normalized spacial score (nSPS) is 16.7. The number of sulfonamides is 1. The van der Waals surface area contributed by atoms with Crippen LogP contribution in [0.3, 0.4) is 0 Å². The van der Waals surface area contributed by atoms with Gasteiger partial charge in [-0.2, -0.15) is 5.26 Å². The largest absolute Gasteiger partial charge is 0.435 e. The molecule has 1 heterocycles. The molecule has 9 heteroatoms. The number of hydrogen-bond acceptors (Lipinski definition) is 7. The Balaban J connectivity index is 1.25. The van der Waals surface area contributed by atoms with Gasteiger partial charge in [-0.15, -0.1) is 0 Å². The van der Waals surface area contributed by atoms with Gasteiger partial charge in [0, 0.05) is 24.6 Å². The second-order valence-electron chi connectivity index (χ2n) is 10.2. The standard InChI is InChI=1S/C30H28N4O4S/c1-18-21(19-6-3-2-4-7-19)8-5-9-22(18)30-33-27-16-24-23(25(17-31)29(27)38-30)12-13-26(24)32-15-14-28(35)34-39(36,37)20-10-11-20/h2-9,16,20,26,32H,10-15H2,1H3,(H,34,35)/t26-/m1/s1. The molecule has 0 aliphatic heterocycles. The zero-order chi connectivity index (χ0) is 27.1. The number of benzene rings is 3. The lowest BCUT2D eigenvalue weighted by Gasteiger charge is -2.14. The summed E-state index contributed by atoms with van der Waals surface area (Å²) in [4.78, 5) is 17.0. The molecule has 0 saturated heterocycles. The predicted molar refractivity (Wildman–Crippen MR) is 148 cm³/mol. The third-order valence-corrected chi connectivity index (χ3v) is 9.47. The predicted octanol–water partition coefficient (Wildman–Crippen LogP) is 4.92. The Bertz CT molecular complexity index is 1730. The molecule has 3 aromatic carbocycles. The van der Waals surface area contributed by atoms with E-state index in [1.807, 2.05) is 43.3 Å². The molecule has 2 N–H and O–H groups in total. The number of hydrogen-bond donors (Lipinski definition) is 2. The molecule has 1 aromatic heterocycles. The minimum absolute atomic E-state index is 0.0519. The molecule has 0 radical (unpaired) electrons. The Morgan fingerprint density at radius 1 is 1.10 bits per heavy atom. The zero-order valence-electron chi connectivity index (χ0n) is 21.5. The molecular weight excluding hydrogens is 512 g/mol. The van der Waals surface area contributed by atoms with Crippen LogP contribution in [0.5, 0.6) is 0 Å². The lowest BCUT2D eigenvalue weighted by molar-refractivity contribution is -0.119. The van der Waals surface area contributed by atoms with Crippen molar-refractivity contribution in [2.75, 3.05) is 6.54 Å². The number of rotatable bonds is 8. The van der Waals surface area contributed by atoms with Gasteiger partial charge in [-0.05, 0) is 72.6 Å². The Labute approximate surface area is 227 Å². The lowest BCUT2D eigenvalue weighted by Crippen LogP contribution is -2.35. The van der Waals surface area contributed by atoms with Gasteiger partial charge in [0.15, 0.2) is 5.58 Å². The SMILES string of the molecule is Cc1c(-c2ccccc2)cccc1-c1nc2cc3c(c(C#N)c2o1)CC[C@H]3NCCC(=O)NS(=O)(=O)C1CC1. The van der Waals surface area contributed by atoms with E-state index in [2.05, 4.69) is 34.3 Å². The molecule has 2 aliphatic carbocycles. The average molecular weight is 541 g/mol. The van der Waals surface area contributed by atoms with Crippen molar-refractivity contribution in [1.82, 2.24) is 15.0 Å². The third-order valence-electron chi connectivity index (χ3n) is 7.60. The van der Waals surface area contributed by atoms with Gasteiger partial charge in [-0.1, -0.05) is 42.5 Å². The van der Waals surface area contributed by atoms with Crippen molar-refractivity contribution in [3.8, 4) is 28.7 Å². The highest BCUT2D eigenvalue weighted by atomic mass is 32.2. The summed E-state index contributed by atoms with van der Waals surface area (Å²) in [6.07, 6.45) is 2.74. The Morgan fingerprint density at radius 3 is 2.62 bits per heavy atom. The molecule has 1 fully saturated rings. The quantitative estimate of drug-likeness (QED) is 0.325. The van der Waals surface area contributed by atoms with Crippen molar-refractivity contribution in [3.05, 3.63) is 76.9 Å². The first-order valence-electron chi connectivity index (χ1n) is 13.2. The molecule has 39 heavy (non-hydrogen) atoms. The van der Waals surface area contributed by atoms with Gasteiger partial charge in [0.25, 0.3) is 0 Å². The molecule has 0 spiro atoms. The maximum Gasteiger partial charge on any atom is 0.237 e. The van der Waals surface area contributed by atoms with Crippen LogP contribution in [0.15, 0.2) is 59.0 Å². The van der Waals surface area contributed by atoms with E-state index >= 15 is 0 Å². The highest BCUT2D eigenvalue weighted by Gasteiger charge is 2.36. The van der Waals surface area contributed by atoms with E-state index in [9.17, 15) is 18.5 Å². The number of oxazole rings is 1. The summed E-state index contributed by atoms with van der Waals surface area (Å²) in [5.41, 5.74) is 7.62. The van der Waals surface area contributed by atoms with Crippen LogP contribution < -0.4 is 10.0 Å². The topological polar surface area (TPSA) is 125 Å². The lowest BCUT2D eigenvalue weighted by atomic mass is 9.96. The fourth-order valence-corrected chi connectivity index (χ4v) is 6.77. The number of fused-ring (bicyclic) bond motifs is 2. The van der Waals surface area contributed by atoms with Gasteiger partial charge in [-0.25, -0.2) is 13.4 Å². The fraction of sp³-hybridized carbons (Fsp3) is 0.300. The second-order valence-corrected chi connectivity index (χ2v) is 12.2. The van der Waals surface area contributed by atoms with Crippen molar-refractivity contribution < 1.29 is 17.6 Å². The van der Waals surface area contributed by atoms with Crippen LogP contribution >= 0.6 is 0 Å². The van der Waals surface area contributed by atoms with E-state index in [0.717, 1.165) is 39.8 Å². The summed E-state index contributed by atoms with van der Waals surface area (Å²) in [6.45, 7) is 2.37. The molecule has 1 saturated carbocycles. The monoisotopic (exact) mass is 540 g/mol. The van der Waals surface area contributed by atoms with Crippen LogP contribution in [-0.2, 0) is 21.2 Å². The van der Waals surface area contributed by atoms with Crippen LogP contribution in [-0.4, -0.2) is 31.1 Å². The zero-order valence-corrected chi connectivity index (χ0v) is 22.3. The van der Waals surface area contributed by atoms with Crippen molar-refractivity contribution >= 4 is 27.0 Å². The van der Waals surface area contributed by atoms with Gasteiger partial charge < -0.3 is 9.73 Å². The highest BCUT2D eigenvalue weighted by Crippen LogP contribution is 2.40. The maximum absolute atomic E-state index is 12.2. The summed E-state index contributed by atoms with van der Waals surface area (Å²) in [7, 11) is -3.54. The Hall–Kier alpha value is -4.00. The first kappa shape index (κ1) is 25.3. The van der Waals surface area contributed by atoms with Gasteiger partial charge >= 0.3 is 0 Å². The van der Waals surface area contributed by atoms with Crippen LogP contribution in [0.1, 0.15) is 54.0 Å². The fourth-order valence-electron chi connectivity index (χ4n) is 5.42. The summed E-state index contributed by atoms with van der Waals surface area (Å²) >= 11 is 0. The van der Waals surface area contributed by atoms with Crippen molar-refractivity contribution in [2.45, 2.75) is 50.3 Å². The van der Waals surface area contributed by atoms with E-state index in [4.69, 9.17) is 9.40 Å². The van der Waals surface area contributed by atoms with Crippen molar-refractivity contribution in [3.63, 3.8) is 0 Å². The Kier molecular flexibility index (Phi) is 6.45. The van der Waals surface area contributed by atoms with E-state index in [1.54, 1.807) is 0 Å². The number of amides is 1. The summed E-state index contributed by atoms with van der Waals surface area (Å²) in [6, 6.07) is 20.4. The van der Waals surface area contributed by atoms with Gasteiger partial charge in [0.2, 0.25) is 21.8 Å². The number of carbonyl (C=O) groups excluding carboxylic acids is 1. The Morgan fingerprint density at radius 2 is 1.87 bits per heavy atom. The van der Waals surface area contributed by atoms with Gasteiger partial charge in [0.1, 0.15) is 17.1 Å². The molecule has 1 amide bonds. The average Bonchev–Trinajstić information content (AvgIpc) is 3.61. The number of nitrogens with one attached hydrogen (secondary N) is 2. The first-order valence-corrected chi connectivity index (χ1v) is 14.7.